The van der Waals surface area contributed by atoms with Crippen molar-refractivity contribution in [1.82, 2.24) is 4.90 Å². The maximum absolute atomic E-state index is 11.8. The third-order valence-corrected chi connectivity index (χ3v) is 6.36. The predicted octanol–water partition coefficient (Wildman–Crippen LogP) is 1.72. The third kappa shape index (κ3) is 5.72. The van der Waals surface area contributed by atoms with E-state index in [9.17, 15) is 13.5 Å². The van der Waals surface area contributed by atoms with Gasteiger partial charge in [-0.05, 0) is 42.8 Å². The van der Waals surface area contributed by atoms with E-state index in [0.717, 1.165) is 11.5 Å². The summed E-state index contributed by atoms with van der Waals surface area (Å²) in [4.78, 5) is 1.96. The van der Waals surface area contributed by atoms with E-state index in [1.165, 1.54) is 0 Å². The van der Waals surface area contributed by atoms with Crippen LogP contribution in [0, 0.1) is 0 Å². The Morgan fingerprint density at radius 2 is 2.00 bits per heavy atom. The number of aliphatic hydroxyl groups excluding tert-OH is 1. The molecule has 3 rings (SSSR count). The van der Waals surface area contributed by atoms with Gasteiger partial charge in [0.05, 0.1) is 31.4 Å². The van der Waals surface area contributed by atoms with Crippen molar-refractivity contribution in [2.24, 2.45) is 0 Å². The largest absolute Gasteiger partial charge is 0.497 e. The average molecular weight is 395 g/mol. The van der Waals surface area contributed by atoms with Crippen LogP contribution in [0.5, 0.6) is 11.5 Å². The first-order valence-corrected chi connectivity index (χ1v) is 10.7. The Morgan fingerprint density at radius 1 is 1.26 bits per heavy atom. The van der Waals surface area contributed by atoms with E-state index in [1.807, 2.05) is 11.0 Å². The van der Waals surface area contributed by atoms with E-state index >= 15 is 0 Å². The summed E-state index contributed by atoms with van der Waals surface area (Å²) in [5.41, 5.74) is 0. The summed E-state index contributed by atoms with van der Waals surface area (Å²) in [6.07, 6.45) is 1.39. The Hall–Kier alpha value is -2.03. The van der Waals surface area contributed by atoms with E-state index in [2.05, 4.69) is 0 Å². The van der Waals surface area contributed by atoms with E-state index < -0.39 is 15.9 Å². The van der Waals surface area contributed by atoms with Crippen LogP contribution in [0.25, 0.3) is 0 Å². The number of sulfone groups is 1. The van der Waals surface area contributed by atoms with Gasteiger partial charge in [0.15, 0.2) is 9.84 Å². The van der Waals surface area contributed by atoms with Crippen LogP contribution in [0.2, 0.25) is 0 Å². The number of benzene rings is 1. The number of ether oxygens (including phenoxy) is 2. The van der Waals surface area contributed by atoms with Crippen molar-refractivity contribution in [2.45, 2.75) is 25.1 Å². The lowest BCUT2D eigenvalue weighted by molar-refractivity contribution is 0.0497. The van der Waals surface area contributed by atoms with Crippen molar-refractivity contribution in [3.63, 3.8) is 0 Å². The highest BCUT2D eigenvalue weighted by atomic mass is 32.2. The molecular weight excluding hydrogens is 370 g/mol. The third-order valence-electron chi connectivity index (χ3n) is 4.61. The smallest absolute Gasteiger partial charge is 0.151 e. The first kappa shape index (κ1) is 19.7. The number of hydrogen-bond donors (Lipinski definition) is 1. The lowest BCUT2D eigenvalue weighted by atomic mass is 10.2. The fourth-order valence-electron chi connectivity index (χ4n) is 3.20. The van der Waals surface area contributed by atoms with Gasteiger partial charge >= 0.3 is 0 Å². The van der Waals surface area contributed by atoms with Crippen molar-refractivity contribution < 1.29 is 27.4 Å². The molecule has 1 fully saturated rings. The zero-order chi connectivity index (χ0) is 19.3. The molecule has 0 bridgehead atoms. The molecule has 0 amide bonds. The Morgan fingerprint density at radius 3 is 2.59 bits per heavy atom. The fourth-order valence-corrected chi connectivity index (χ4v) is 4.96. The summed E-state index contributed by atoms with van der Waals surface area (Å²) in [5.74, 6) is 2.40. The number of aliphatic hydroxyl groups is 1. The van der Waals surface area contributed by atoms with Gasteiger partial charge in [0.25, 0.3) is 0 Å². The molecule has 2 aromatic rings. The van der Waals surface area contributed by atoms with Gasteiger partial charge < -0.3 is 19.0 Å². The normalized spacial score (nSPS) is 19.9. The van der Waals surface area contributed by atoms with Crippen LogP contribution in [-0.4, -0.2) is 62.3 Å². The summed E-state index contributed by atoms with van der Waals surface area (Å²) >= 11 is 0. The number of nitrogens with zero attached hydrogens (tertiary/aromatic N) is 1. The minimum absolute atomic E-state index is 0.111. The van der Waals surface area contributed by atoms with Crippen molar-refractivity contribution in [3.05, 3.63) is 48.4 Å². The number of hydrogen-bond acceptors (Lipinski definition) is 7. The Balaban J connectivity index is 1.58. The van der Waals surface area contributed by atoms with Gasteiger partial charge in [-0.1, -0.05) is 0 Å². The van der Waals surface area contributed by atoms with Gasteiger partial charge in [0, 0.05) is 12.6 Å². The molecule has 2 heterocycles. The Labute approximate surface area is 159 Å². The summed E-state index contributed by atoms with van der Waals surface area (Å²) in [6.45, 7) is 0.865. The molecule has 1 aromatic heterocycles. The first-order chi connectivity index (χ1) is 12.9. The van der Waals surface area contributed by atoms with Crippen molar-refractivity contribution in [1.29, 1.82) is 0 Å². The molecule has 2 unspecified atom stereocenters. The summed E-state index contributed by atoms with van der Waals surface area (Å²) in [6, 6.07) is 10.6. The van der Waals surface area contributed by atoms with Gasteiger partial charge in [-0.3, -0.25) is 4.90 Å². The number of rotatable bonds is 9. The van der Waals surface area contributed by atoms with Crippen molar-refractivity contribution in [2.75, 3.05) is 31.8 Å². The second kappa shape index (κ2) is 8.77. The lowest BCUT2D eigenvalue weighted by Crippen LogP contribution is -2.42. The standard InChI is InChI=1S/C19H25NO6S/c1-24-17-4-6-18(7-5-17)26-13-16(21)11-20(12-19-3-2-9-25-19)15-8-10-27(22,23)14-15/h2-7,9,15-16,21H,8,10-14H2,1H3. The van der Waals surface area contributed by atoms with Gasteiger partial charge in [0.2, 0.25) is 0 Å². The highest BCUT2D eigenvalue weighted by molar-refractivity contribution is 7.91. The molecule has 1 aromatic carbocycles. The van der Waals surface area contributed by atoms with Crippen LogP contribution >= 0.6 is 0 Å². The minimum atomic E-state index is -3.01. The molecule has 148 valence electrons. The topological polar surface area (TPSA) is 89.2 Å². The molecule has 0 saturated carbocycles. The van der Waals surface area contributed by atoms with E-state index in [1.54, 1.807) is 43.7 Å². The summed E-state index contributed by atoms with van der Waals surface area (Å²) in [5, 5.41) is 10.4. The molecule has 0 radical (unpaired) electrons. The highest BCUT2D eigenvalue weighted by Gasteiger charge is 2.33. The molecule has 1 N–H and O–H groups in total. The van der Waals surface area contributed by atoms with Gasteiger partial charge in [-0.2, -0.15) is 0 Å². The minimum Gasteiger partial charge on any atom is -0.497 e. The molecule has 0 spiro atoms. The zero-order valence-electron chi connectivity index (χ0n) is 15.3. The quantitative estimate of drug-likeness (QED) is 0.691. The van der Waals surface area contributed by atoms with Crippen LogP contribution < -0.4 is 9.47 Å². The van der Waals surface area contributed by atoms with Gasteiger partial charge in [-0.15, -0.1) is 0 Å². The first-order valence-electron chi connectivity index (χ1n) is 8.87. The Kier molecular flexibility index (Phi) is 6.41. The maximum Gasteiger partial charge on any atom is 0.151 e. The van der Waals surface area contributed by atoms with Crippen LogP contribution in [0.15, 0.2) is 47.1 Å². The molecule has 7 nitrogen and oxygen atoms in total. The second-order valence-corrected chi connectivity index (χ2v) is 8.93. The zero-order valence-corrected chi connectivity index (χ0v) is 16.1. The SMILES string of the molecule is COc1ccc(OCC(O)CN(Cc2ccco2)C2CCS(=O)(=O)C2)cc1. The summed E-state index contributed by atoms with van der Waals surface area (Å²) in [7, 11) is -1.42. The van der Waals surface area contributed by atoms with Crippen LogP contribution in [0.3, 0.4) is 0 Å². The highest BCUT2D eigenvalue weighted by Crippen LogP contribution is 2.21. The Bertz CT molecular complexity index is 803. The predicted molar refractivity (Wildman–Crippen MR) is 101 cm³/mol. The molecule has 0 aliphatic carbocycles. The maximum atomic E-state index is 11.8. The van der Waals surface area contributed by atoms with Crippen molar-refractivity contribution in [3.8, 4) is 11.5 Å². The molecule has 27 heavy (non-hydrogen) atoms. The number of methoxy groups -OCH3 is 1. The lowest BCUT2D eigenvalue weighted by Gasteiger charge is -2.29. The molecule has 2 atom stereocenters. The summed E-state index contributed by atoms with van der Waals surface area (Å²) < 4.78 is 39.8. The molecule has 1 saturated heterocycles. The number of furan rings is 1. The molecule has 1 aliphatic rings. The van der Waals surface area contributed by atoms with Crippen LogP contribution in [0.4, 0.5) is 0 Å². The average Bonchev–Trinajstić information content (AvgIpc) is 3.29. The van der Waals surface area contributed by atoms with Crippen LogP contribution in [0.1, 0.15) is 12.2 Å². The van der Waals surface area contributed by atoms with Gasteiger partial charge in [-0.25, -0.2) is 8.42 Å². The molecule has 1 aliphatic heterocycles. The monoisotopic (exact) mass is 395 g/mol. The second-order valence-electron chi connectivity index (χ2n) is 6.71. The van der Waals surface area contributed by atoms with E-state index in [-0.39, 0.29) is 24.2 Å². The van der Waals surface area contributed by atoms with E-state index in [4.69, 9.17) is 13.9 Å². The van der Waals surface area contributed by atoms with Crippen molar-refractivity contribution >= 4 is 9.84 Å². The van der Waals surface area contributed by atoms with Gasteiger partial charge in [0.1, 0.15) is 30.0 Å². The fraction of sp³-hybridized carbons (Fsp3) is 0.474. The van der Waals surface area contributed by atoms with Crippen LogP contribution in [-0.2, 0) is 16.4 Å². The molecule has 8 heteroatoms. The van der Waals surface area contributed by atoms with E-state index in [0.29, 0.717) is 25.3 Å². The molecular formula is C19H25NO6S.